The van der Waals surface area contributed by atoms with E-state index in [0.717, 1.165) is 33.1 Å². The van der Waals surface area contributed by atoms with E-state index in [-0.39, 0.29) is 58.0 Å². The second-order valence-corrected chi connectivity index (χ2v) is 29.0. The number of ether oxygens (including phenoxy) is 1. The van der Waals surface area contributed by atoms with Crippen LogP contribution in [-0.4, -0.2) is 226 Å². The Morgan fingerprint density at radius 1 is 0.597 bits per heavy atom. The van der Waals surface area contributed by atoms with Gasteiger partial charge in [0.25, 0.3) is 0 Å². The first-order chi connectivity index (χ1) is 56.2. The zero-order valence-electron chi connectivity index (χ0n) is 66.0. The van der Waals surface area contributed by atoms with Gasteiger partial charge in [0.2, 0.25) is 100 Å². The number of carbonyl (C=O) groups is 18. The van der Waals surface area contributed by atoms with Gasteiger partial charge >= 0.3 is 5.97 Å². The number of nitrogens with two attached hydrogens (primary N) is 5. The normalized spacial score (nSPS) is 21.4. The molecule has 1 fully saturated rings. The molecule has 42 nitrogen and oxygen atoms in total. The van der Waals surface area contributed by atoms with Gasteiger partial charge in [0, 0.05) is 62.8 Å². The molecule has 1 aliphatic rings. The Hall–Kier alpha value is -13.8. The molecule has 5 aromatic rings. The number of rotatable bonds is 27. The fraction of sp³-hybridized carbons (Fsp3) is 0.442. The van der Waals surface area contributed by atoms with Crippen LogP contribution in [0.2, 0.25) is 0 Å². The molecule has 2 heterocycles. The zero-order chi connectivity index (χ0) is 88.0. The lowest BCUT2D eigenvalue weighted by Gasteiger charge is -2.31. The topological polar surface area (TPSA) is 695 Å². The fourth-order valence-electron chi connectivity index (χ4n) is 12.6. The maximum absolute atomic E-state index is 15.4. The molecule has 0 aliphatic carbocycles. The number of aromatic nitrogens is 1. The van der Waals surface area contributed by atoms with E-state index in [1.807, 2.05) is 11.4 Å². The van der Waals surface area contributed by atoms with Gasteiger partial charge in [-0.2, -0.15) is 0 Å². The summed E-state index contributed by atoms with van der Waals surface area (Å²) in [5.41, 5.74) is 27.0. The molecule has 1 saturated heterocycles. The van der Waals surface area contributed by atoms with Crippen LogP contribution in [0.5, 0.6) is 5.75 Å². The Kier molecular flexibility index (Phi) is 35.5. The fourth-order valence-corrected chi connectivity index (χ4v) is 12.6. The number of H-pyrrole nitrogens is 1. The van der Waals surface area contributed by atoms with Crippen molar-refractivity contribution in [2.45, 2.75) is 196 Å². The van der Waals surface area contributed by atoms with Crippen molar-refractivity contribution in [3.05, 3.63) is 114 Å². The minimum absolute atomic E-state index is 0.0433. The number of guanidine groups is 1. The molecular formula is C77H103N21O21. The molecule has 0 bridgehead atoms. The highest BCUT2D eigenvalue weighted by molar-refractivity contribution is 6.03. The van der Waals surface area contributed by atoms with Gasteiger partial charge in [0.1, 0.15) is 77.7 Å². The minimum atomic E-state index is -2.21. The van der Waals surface area contributed by atoms with Crippen LogP contribution in [0.15, 0.2) is 97.2 Å². The molecule has 42 heteroatoms. The quantitative estimate of drug-likeness (QED) is 0.0132. The number of carbonyl (C=O) groups excluding carboxylic acids is 17. The highest BCUT2D eigenvalue weighted by atomic mass is 16.5. The first-order valence-electron chi connectivity index (χ1n) is 37.9. The Labute approximate surface area is 681 Å². The van der Waals surface area contributed by atoms with Crippen LogP contribution in [0.4, 0.5) is 0 Å². The number of aliphatic hydroxyl groups excluding tert-OH is 1. The van der Waals surface area contributed by atoms with Crippen LogP contribution >= 0.6 is 0 Å². The summed E-state index contributed by atoms with van der Waals surface area (Å²) in [6.45, 7) is 4.04. The van der Waals surface area contributed by atoms with Crippen molar-refractivity contribution in [3.8, 4) is 5.75 Å². The number of aliphatic carboxylic acids is 1. The summed E-state index contributed by atoms with van der Waals surface area (Å²) in [5.74, 6) is -21.5. The number of aliphatic hydroxyl groups is 1. The monoisotopic (exact) mass is 1660 g/mol. The predicted octanol–water partition coefficient (Wildman–Crippen LogP) is -6.08. The van der Waals surface area contributed by atoms with Crippen molar-refractivity contribution in [1.29, 1.82) is 5.41 Å². The zero-order valence-corrected chi connectivity index (χ0v) is 66.0. The average molecular weight is 1660 g/mol. The molecule has 4 aromatic carbocycles. The van der Waals surface area contributed by atoms with E-state index in [2.05, 4.69) is 74.1 Å². The molecule has 1 aromatic heterocycles. The van der Waals surface area contributed by atoms with E-state index < -0.39 is 235 Å². The Morgan fingerprint density at radius 2 is 1.15 bits per heavy atom. The second kappa shape index (κ2) is 44.9. The Balaban J connectivity index is 1.50. The van der Waals surface area contributed by atoms with Gasteiger partial charge in [0.15, 0.2) is 5.96 Å². The summed E-state index contributed by atoms with van der Waals surface area (Å²) in [6, 6.07) is 4.75. The summed E-state index contributed by atoms with van der Waals surface area (Å²) in [6.07, 6.45) is -7.38. The van der Waals surface area contributed by atoms with Crippen LogP contribution in [0, 0.1) is 5.41 Å². The Morgan fingerprint density at radius 3 is 1.76 bits per heavy atom. The summed E-state index contributed by atoms with van der Waals surface area (Å²) in [5, 5.41) is 65.0. The largest absolute Gasteiger partial charge is 0.497 e. The van der Waals surface area contributed by atoms with Crippen molar-refractivity contribution in [3.63, 3.8) is 0 Å². The van der Waals surface area contributed by atoms with Crippen molar-refractivity contribution in [2.75, 3.05) is 20.2 Å². The minimum Gasteiger partial charge on any atom is -0.497 e. The second-order valence-electron chi connectivity index (χ2n) is 29.0. The third kappa shape index (κ3) is 30.4. The van der Waals surface area contributed by atoms with Gasteiger partial charge in [0.05, 0.1) is 38.9 Å². The third-order valence-electron chi connectivity index (χ3n) is 18.9. The van der Waals surface area contributed by atoms with Crippen molar-refractivity contribution in [1.82, 2.24) is 79.4 Å². The van der Waals surface area contributed by atoms with Gasteiger partial charge in [-0.25, -0.2) is 4.79 Å². The number of primary amides is 4. The molecule has 642 valence electrons. The number of carboxylic acid groups (broad SMARTS) is 1. The molecule has 6 rings (SSSR count). The lowest BCUT2D eigenvalue weighted by Crippen LogP contribution is -2.64. The van der Waals surface area contributed by atoms with Crippen LogP contribution in [0.1, 0.15) is 115 Å². The number of benzene rings is 4. The predicted molar refractivity (Wildman–Crippen MR) is 425 cm³/mol. The number of methoxy groups -OCH3 is 1. The van der Waals surface area contributed by atoms with Crippen molar-refractivity contribution < 1.29 is 101 Å². The summed E-state index contributed by atoms with van der Waals surface area (Å²) < 4.78 is 5.37. The number of hydrogen-bond donors (Lipinski definition) is 23. The standard InChI is InChI=1S/C77H103N21O21/c1-38(99)63-73(115)94-53(32-44-37-86-47-16-9-8-15-46(44)47)68(110)89-50(25-26-58(78)101)66(108)88-49(18-12-28-85-76(82)83)65(107)90-51(30-40-20-23-45(119-5)24-21-40)67(109)91-52(31-41-19-22-42-13-6-7-14-43(42)29-41)72(114)98-77(3,4)75(118)96-56(70(112)93-54(33-59(79)102)69(111)95-57(74(116)117)35-61(81)104)36-62(105)84-27-11-10-17-48(87-39(2)100)64(106)92-55(34-60(80)103)71(113)97-63/h6-9,13-16,19-24,29,37-38,48-57,63,86,99H,10-12,17-18,25-28,30-36H2,1-5H3,(H2,78,101)(H2,79,102)(H2,80,103)(H2,81,104)(H,84,105)(H,87,100)(H,88,108)(H,89,110)(H,90,107)(H,91,109)(H,92,106)(H,93,112)(H,94,115)(H,95,111)(H,96,118)(H,97,113)(H,98,114)(H,116,117)(H4,82,83,85)/t38-,48-,49+,50+,51+,52+,53+,54+,55+,56-,57+,63?/m1/s1. The van der Waals surface area contributed by atoms with E-state index in [0.29, 0.717) is 38.7 Å². The van der Waals surface area contributed by atoms with Gasteiger partial charge in [-0.3, -0.25) is 86.9 Å². The Bertz CT molecular complexity index is 4590. The van der Waals surface area contributed by atoms with E-state index in [4.69, 9.17) is 38.8 Å². The average Bonchev–Trinajstić information content (AvgIpc) is 1.80. The number of nitrogens with one attached hydrogen (secondary N) is 16. The van der Waals surface area contributed by atoms with Gasteiger partial charge in [-0.15, -0.1) is 0 Å². The molecule has 12 atom stereocenters. The molecule has 28 N–H and O–H groups in total. The molecule has 17 amide bonds. The highest BCUT2D eigenvalue weighted by Crippen LogP contribution is 2.22. The first kappa shape index (κ1) is 94.0. The highest BCUT2D eigenvalue weighted by Gasteiger charge is 2.41. The van der Waals surface area contributed by atoms with E-state index >= 15 is 24.0 Å². The van der Waals surface area contributed by atoms with E-state index in [9.17, 15) is 72.5 Å². The molecule has 119 heavy (non-hydrogen) atoms. The van der Waals surface area contributed by atoms with Gasteiger partial charge < -0.3 is 123 Å². The number of para-hydroxylation sites is 1. The summed E-state index contributed by atoms with van der Waals surface area (Å²) in [4.78, 5) is 254. The lowest BCUT2D eigenvalue weighted by atomic mass is 9.97. The molecule has 1 unspecified atom stereocenters. The molecule has 1 aliphatic heterocycles. The lowest BCUT2D eigenvalue weighted by molar-refractivity contribution is -0.144. The number of hydrogen-bond acceptors (Lipinski definition) is 21. The molecule has 0 radical (unpaired) electrons. The first-order valence-corrected chi connectivity index (χ1v) is 37.9. The maximum Gasteiger partial charge on any atom is 0.326 e. The van der Waals surface area contributed by atoms with Gasteiger partial charge in [-0.1, -0.05) is 72.8 Å². The molecular weight excluding hydrogens is 1550 g/mol. The van der Waals surface area contributed by atoms with Crippen molar-refractivity contribution in [2.24, 2.45) is 28.7 Å². The van der Waals surface area contributed by atoms with Crippen LogP contribution in [0.25, 0.3) is 21.7 Å². The number of aromatic amines is 1. The number of fused-ring (bicyclic) bond motifs is 2. The van der Waals surface area contributed by atoms with Crippen LogP contribution in [0.3, 0.4) is 0 Å². The third-order valence-corrected chi connectivity index (χ3v) is 18.9. The number of amides is 17. The van der Waals surface area contributed by atoms with Crippen molar-refractivity contribution >= 4 is 134 Å². The van der Waals surface area contributed by atoms with E-state index in [1.165, 1.54) is 13.3 Å². The molecule has 0 saturated carbocycles. The van der Waals surface area contributed by atoms with Crippen LogP contribution in [-0.2, 0) is 106 Å². The van der Waals surface area contributed by atoms with E-state index in [1.54, 1.807) is 84.9 Å². The molecule has 0 spiro atoms. The SMILES string of the molecule is COc1ccc(C[C@@H]2NC(=O)[C@H](CCCNC(=N)N)NC(=O)[C@H](CCC(N)=O)NC(=O)[C@H](Cc3c[nH]c4ccccc34)NC(=O)C([C@@H](C)O)NC(=O)[C@H](CC(N)=O)NC(=O)[C@H](NC(C)=O)CCCCNC(=O)C[C@H](C(=O)N[C@@H](CC(N)=O)C(=O)N[C@@H](CC(N)=O)C(=O)O)NC(=O)C(C)(C)NC(=O)[C@H](Cc3ccc4ccccc4c3)NC2=O)cc1. The van der Waals surface area contributed by atoms with Gasteiger partial charge in [-0.05, 0) is 105 Å². The summed E-state index contributed by atoms with van der Waals surface area (Å²) in [7, 11) is 1.40. The maximum atomic E-state index is 15.4. The smallest absolute Gasteiger partial charge is 0.326 e. The summed E-state index contributed by atoms with van der Waals surface area (Å²) >= 11 is 0. The number of carboxylic acids is 1. The van der Waals surface area contributed by atoms with Crippen LogP contribution < -0.4 is 108 Å².